The first-order chi connectivity index (χ1) is 20.3. The zero-order valence-electron chi connectivity index (χ0n) is 24.2. The Morgan fingerprint density at radius 1 is 1.16 bits per heavy atom. The third-order valence-corrected chi connectivity index (χ3v) is 9.30. The van der Waals surface area contributed by atoms with E-state index in [1.54, 1.807) is 6.07 Å². The van der Waals surface area contributed by atoms with E-state index in [0.29, 0.717) is 29.1 Å². The number of anilines is 1. The minimum atomic E-state index is -4.48. The van der Waals surface area contributed by atoms with Gasteiger partial charge in [0.05, 0.1) is 41.6 Å². The summed E-state index contributed by atoms with van der Waals surface area (Å²) in [5.74, 6) is 5.86. The molecule has 2 aromatic carbocycles. The number of carbonyl (C=O) groups is 1. The van der Waals surface area contributed by atoms with Crippen molar-refractivity contribution in [3.8, 4) is 17.6 Å². The number of fused-ring (bicyclic) bond motifs is 3. The summed E-state index contributed by atoms with van der Waals surface area (Å²) < 4.78 is 70.2. The van der Waals surface area contributed by atoms with E-state index < -0.39 is 22.6 Å². The number of halogens is 3. The molecule has 5 rings (SSSR count). The fourth-order valence-electron chi connectivity index (χ4n) is 6.07. The van der Waals surface area contributed by atoms with Gasteiger partial charge < -0.3 is 24.8 Å². The summed E-state index contributed by atoms with van der Waals surface area (Å²) in [7, 11) is 0.131. The summed E-state index contributed by atoms with van der Waals surface area (Å²) in [4.78, 5) is 20.2. The van der Waals surface area contributed by atoms with Gasteiger partial charge in [-0.25, -0.2) is 13.4 Å². The Morgan fingerprint density at radius 2 is 1.88 bits per heavy atom. The highest BCUT2D eigenvalue weighted by molar-refractivity contribution is 7.90. The zero-order valence-corrected chi connectivity index (χ0v) is 25.0. The number of hydrogen-bond donors (Lipinski definition) is 2. The van der Waals surface area contributed by atoms with Crippen LogP contribution >= 0.6 is 0 Å². The van der Waals surface area contributed by atoms with Crippen LogP contribution in [0.2, 0.25) is 0 Å². The van der Waals surface area contributed by atoms with Gasteiger partial charge in [-0.1, -0.05) is 18.3 Å². The van der Waals surface area contributed by atoms with Crippen molar-refractivity contribution in [2.75, 3.05) is 32.3 Å². The lowest BCUT2D eigenvalue weighted by Gasteiger charge is -2.47. The molecule has 0 saturated carbocycles. The van der Waals surface area contributed by atoms with Gasteiger partial charge in [-0.15, -0.1) is 0 Å². The lowest BCUT2D eigenvalue weighted by Crippen LogP contribution is -2.55. The fraction of sp³-hybridized carbons (Fsp3) is 0.467. The van der Waals surface area contributed by atoms with Crippen LogP contribution in [0.15, 0.2) is 41.6 Å². The number of amides is 1. The summed E-state index contributed by atoms with van der Waals surface area (Å²) in [6.07, 6.45) is 2.68. The maximum Gasteiger partial charge on any atom is 0.406 e. The van der Waals surface area contributed by atoms with E-state index in [9.17, 15) is 26.4 Å². The molecular formula is C30H34F3N5O4S. The molecule has 2 fully saturated rings. The predicted molar refractivity (Wildman–Crippen MR) is 157 cm³/mol. The molecule has 3 aromatic rings. The molecule has 2 N–H and O–H groups in total. The Labute approximate surface area is 248 Å². The molecule has 43 heavy (non-hydrogen) atoms. The van der Waals surface area contributed by atoms with Gasteiger partial charge in [0, 0.05) is 29.9 Å². The highest BCUT2D eigenvalue weighted by Crippen LogP contribution is 2.33. The van der Waals surface area contributed by atoms with Crippen LogP contribution in [-0.4, -0.2) is 80.0 Å². The summed E-state index contributed by atoms with van der Waals surface area (Å²) in [5.41, 5.74) is 1.27. The molecule has 0 radical (unpaired) electrons. The van der Waals surface area contributed by atoms with Gasteiger partial charge >= 0.3 is 6.18 Å². The van der Waals surface area contributed by atoms with Gasteiger partial charge in [-0.05, 0) is 63.1 Å². The second-order valence-electron chi connectivity index (χ2n) is 11.2. The number of carbonyl (C=O) groups excluding carboxylic acids is 1. The Morgan fingerprint density at radius 3 is 2.53 bits per heavy atom. The third-order valence-electron chi connectivity index (χ3n) is 8.19. The molecule has 2 aliphatic heterocycles. The molecule has 1 aromatic heterocycles. The number of nitrogens with one attached hydrogen (secondary N) is 2. The maximum atomic E-state index is 13.6. The van der Waals surface area contributed by atoms with Gasteiger partial charge in [-0.2, -0.15) is 13.2 Å². The molecule has 13 heteroatoms. The van der Waals surface area contributed by atoms with E-state index in [4.69, 9.17) is 4.74 Å². The second-order valence-corrected chi connectivity index (χ2v) is 13.2. The summed E-state index contributed by atoms with van der Waals surface area (Å²) in [6, 6.07) is 8.20. The minimum Gasteiger partial charge on any atom is -0.495 e. The number of ether oxygens (including phenoxy) is 1. The van der Waals surface area contributed by atoms with Crippen molar-refractivity contribution in [3.05, 3.63) is 47.8 Å². The maximum absolute atomic E-state index is 13.6. The summed E-state index contributed by atoms with van der Waals surface area (Å²) in [5, 5.41) is 6.14. The van der Waals surface area contributed by atoms with Crippen molar-refractivity contribution in [2.45, 2.75) is 67.8 Å². The fourth-order valence-corrected chi connectivity index (χ4v) is 6.71. The standard InChI is InChI=1S/C30H34F3N5O4S/c1-37-21-7-4-8-22(37)15-20(14-21)36-29(39)24-12-19(13-26-28(24)35-18-38(26)17-30(31,32)33)6-5-11-34-25-16-23(43(3,40)41)9-10-27(25)42-2/h9-10,12-13,16,18,20-22,34H,4,7-8,11,14-15,17H2,1-3H3,(H,36,39). The Kier molecular flexibility index (Phi) is 8.63. The van der Waals surface area contributed by atoms with Crippen molar-refractivity contribution in [1.82, 2.24) is 19.8 Å². The summed E-state index contributed by atoms with van der Waals surface area (Å²) >= 11 is 0. The van der Waals surface area contributed by atoms with E-state index in [-0.39, 0.29) is 40.0 Å². The molecule has 2 saturated heterocycles. The van der Waals surface area contributed by atoms with Crippen molar-refractivity contribution in [1.29, 1.82) is 0 Å². The molecule has 0 spiro atoms. The van der Waals surface area contributed by atoms with Crippen molar-refractivity contribution in [2.24, 2.45) is 0 Å². The first kappa shape index (κ1) is 30.7. The van der Waals surface area contributed by atoms with E-state index in [2.05, 4.69) is 39.4 Å². The number of nitrogens with zero attached hydrogens (tertiary/aromatic N) is 3. The number of imidazole rings is 1. The molecule has 2 aliphatic rings. The normalized spacial score (nSPS) is 20.7. The Hall–Kier alpha value is -3.76. The van der Waals surface area contributed by atoms with Crippen molar-refractivity contribution >= 4 is 32.5 Å². The van der Waals surface area contributed by atoms with E-state index in [1.807, 2.05) is 0 Å². The number of piperidine rings is 2. The van der Waals surface area contributed by atoms with Gasteiger partial charge in [0.15, 0.2) is 9.84 Å². The van der Waals surface area contributed by atoms with E-state index in [1.165, 1.54) is 37.8 Å². The molecule has 230 valence electrons. The average molecular weight is 618 g/mol. The van der Waals surface area contributed by atoms with E-state index in [0.717, 1.165) is 42.8 Å². The lowest BCUT2D eigenvalue weighted by atomic mass is 9.82. The number of sulfone groups is 1. The van der Waals surface area contributed by atoms with Crippen LogP contribution in [0.25, 0.3) is 11.0 Å². The minimum absolute atomic E-state index is 0.0390. The van der Waals surface area contributed by atoms with Crippen LogP contribution < -0.4 is 15.4 Å². The van der Waals surface area contributed by atoms with Gasteiger partial charge in [0.25, 0.3) is 5.91 Å². The van der Waals surface area contributed by atoms with Crippen LogP contribution in [0.5, 0.6) is 5.75 Å². The van der Waals surface area contributed by atoms with Crippen LogP contribution in [-0.2, 0) is 16.4 Å². The molecule has 3 heterocycles. The first-order valence-corrected chi connectivity index (χ1v) is 15.9. The quantitative estimate of drug-likeness (QED) is 0.383. The molecule has 0 aliphatic carbocycles. The number of aromatic nitrogens is 2. The Balaban J connectivity index is 1.41. The monoisotopic (exact) mass is 617 g/mol. The van der Waals surface area contributed by atoms with Gasteiger partial charge in [-0.3, -0.25) is 4.79 Å². The molecule has 1 amide bonds. The van der Waals surface area contributed by atoms with Gasteiger partial charge in [0.1, 0.15) is 17.8 Å². The predicted octanol–water partition coefficient (Wildman–Crippen LogP) is 4.22. The van der Waals surface area contributed by atoms with E-state index >= 15 is 0 Å². The van der Waals surface area contributed by atoms with Crippen LogP contribution in [0, 0.1) is 11.8 Å². The number of rotatable bonds is 7. The lowest BCUT2D eigenvalue weighted by molar-refractivity contribution is -0.139. The largest absolute Gasteiger partial charge is 0.495 e. The smallest absolute Gasteiger partial charge is 0.406 e. The molecular weight excluding hydrogens is 583 g/mol. The number of benzene rings is 2. The third kappa shape index (κ3) is 7.08. The molecule has 2 atom stereocenters. The first-order valence-electron chi connectivity index (χ1n) is 14.0. The number of hydrogen-bond acceptors (Lipinski definition) is 7. The molecule has 9 nitrogen and oxygen atoms in total. The van der Waals surface area contributed by atoms with Crippen LogP contribution in [0.4, 0.5) is 18.9 Å². The zero-order chi connectivity index (χ0) is 30.9. The number of methoxy groups -OCH3 is 1. The topological polar surface area (TPSA) is 106 Å². The highest BCUT2D eigenvalue weighted by atomic mass is 32.2. The average Bonchev–Trinajstić information content (AvgIpc) is 3.31. The Bertz CT molecular complexity index is 1680. The summed E-state index contributed by atoms with van der Waals surface area (Å²) in [6.45, 7) is -1.18. The molecule has 2 unspecified atom stereocenters. The van der Waals surface area contributed by atoms with Crippen LogP contribution in [0.3, 0.4) is 0 Å². The van der Waals surface area contributed by atoms with Gasteiger partial charge in [0.2, 0.25) is 0 Å². The highest BCUT2D eigenvalue weighted by Gasteiger charge is 2.37. The number of alkyl halides is 3. The second kappa shape index (κ2) is 12.1. The van der Waals surface area contributed by atoms with Crippen molar-refractivity contribution in [3.63, 3.8) is 0 Å². The van der Waals surface area contributed by atoms with Crippen molar-refractivity contribution < 1.29 is 31.1 Å². The molecule has 2 bridgehead atoms. The van der Waals surface area contributed by atoms with Crippen LogP contribution in [0.1, 0.15) is 48.0 Å². The SMILES string of the molecule is COc1ccc(S(C)(=O)=O)cc1NCC#Cc1cc(C(=O)NC2CC3CCCC(C2)N3C)c2ncn(CC(F)(F)F)c2c1.